The third kappa shape index (κ3) is 6.28. The molecule has 2 atom stereocenters. The van der Waals surface area contributed by atoms with Crippen LogP contribution in [-0.2, 0) is 9.59 Å². The molecule has 1 aliphatic rings. The van der Waals surface area contributed by atoms with Crippen LogP contribution in [0.5, 0.6) is 11.5 Å². The normalized spacial score (nSPS) is 16.3. The van der Waals surface area contributed by atoms with Crippen molar-refractivity contribution >= 4 is 35.3 Å². The van der Waals surface area contributed by atoms with Crippen LogP contribution in [0.25, 0.3) is 12.2 Å². The first kappa shape index (κ1) is 28.4. The molecule has 0 saturated heterocycles. The number of rotatable bonds is 8. The van der Waals surface area contributed by atoms with Crippen LogP contribution >= 0.6 is 0 Å². The second-order valence-corrected chi connectivity index (χ2v) is 10.1. The number of ether oxygens (including phenoxy) is 2. The molecular formula is C36H34N2O4. The first-order chi connectivity index (χ1) is 20.5. The predicted octanol–water partition coefficient (Wildman–Crippen LogP) is 7.33. The molecule has 42 heavy (non-hydrogen) atoms. The average molecular weight is 559 g/mol. The Morgan fingerprint density at radius 2 is 1.29 bits per heavy atom. The zero-order chi connectivity index (χ0) is 29.5. The summed E-state index contributed by atoms with van der Waals surface area (Å²) in [7, 11) is 3.25. The molecule has 4 aromatic rings. The Balaban J connectivity index is 1.46. The molecule has 6 nitrogen and oxygen atoms in total. The summed E-state index contributed by atoms with van der Waals surface area (Å²) < 4.78 is 10.5. The third-order valence-electron chi connectivity index (χ3n) is 7.45. The monoisotopic (exact) mass is 558 g/mol. The van der Waals surface area contributed by atoms with Crippen molar-refractivity contribution in [3.63, 3.8) is 0 Å². The maximum atomic E-state index is 13.9. The Kier molecular flexibility index (Phi) is 8.83. The molecule has 1 aliphatic heterocycles. The topological polar surface area (TPSA) is 59.1 Å². The van der Waals surface area contributed by atoms with E-state index in [0.717, 1.165) is 39.6 Å². The van der Waals surface area contributed by atoms with Gasteiger partial charge in [-0.3, -0.25) is 9.59 Å². The van der Waals surface area contributed by atoms with E-state index in [1.807, 2.05) is 132 Å². The van der Waals surface area contributed by atoms with Gasteiger partial charge in [-0.05, 0) is 84.7 Å². The molecule has 0 fully saturated rings. The molecule has 6 heteroatoms. The van der Waals surface area contributed by atoms with E-state index in [1.165, 1.54) is 0 Å². The lowest BCUT2D eigenvalue weighted by molar-refractivity contribution is -0.114. The largest absolute Gasteiger partial charge is 0.497 e. The van der Waals surface area contributed by atoms with Gasteiger partial charge in [0.1, 0.15) is 11.5 Å². The first-order valence-electron chi connectivity index (χ1n) is 13.9. The van der Waals surface area contributed by atoms with Crippen molar-refractivity contribution in [2.24, 2.45) is 0 Å². The fraction of sp³-hybridized carbons (Fsp3) is 0.167. The van der Waals surface area contributed by atoms with Crippen molar-refractivity contribution < 1.29 is 19.1 Å². The molecule has 0 spiro atoms. The molecule has 4 aromatic carbocycles. The third-order valence-corrected chi connectivity index (χ3v) is 7.45. The summed E-state index contributed by atoms with van der Waals surface area (Å²) in [5.74, 6) is 1.28. The van der Waals surface area contributed by atoms with Gasteiger partial charge in [-0.2, -0.15) is 0 Å². The zero-order valence-electron chi connectivity index (χ0n) is 24.0. The molecule has 2 amide bonds. The highest BCUT2D eigenvalue weighted by atomic mass is 16.5. The number of nitrogens with zero attached hydrogens (tertiary/aromatic N) is 2. The van der Waals surface area contributed by atoms with Crippen LogP contribution in [0.15, 0.2) is 115 Å². The fourth-order valence-corrected chi connectivity index (χ4v) is 5.34. The molecule has 212 valence electrons. The van der Waals surface area contributed by atoms with Crippen molar-refractivity contribution in [2.45, 2.75) is 25.4 Å². The predicted molar refractivity (Wildman–Crippen MR) is 169 cm³/mol. The number of hydrogen-bond donors (Lipinski definition) is 0. The van der Waals surface area contributed by atoms with Crippen LogP contribution in [-0.4, -0.2) is 32.1 Å². The number of carbonyl (C=O) groups excluding carboxylic acids is 2. The van der Waals surface area contributed by atoms with Crippen molar-refractivity contribution in [1.82, 2.24) is 0 Å². The summed E-state index contributed by atoms with van der Waals surface area (Å²) in [5, 5.41) is 0. The van der Waals surface area contributed by atoms with Crippen LogP contribution in [0, 0.1) is 0 Å². The Labute approximate surface area is 247 Å². The number of fused-ring (bicyclic) bond motifs is 1. The molecule has 0 aromatic heterocycles. The smallest absolute Gasteiger partial charge is 0.251 e. The molecule has 0 aliphatic carbocycles. The maximum Gasteiger partial charge on any atom is 0.251 e. The maximum absolute atomic E-state index is 13.9. The van der Waals surface area contributed by atoms with Crippen LogP contribution < -0.4 is 19.3 Å². The van der Waals surface area contributed by atoms with Gasteiger partial charge in [-0.1, -0.05) is 60.7 Å². The number of methoxy groups -OCH3 is 2. The van der Waals surface area contributed by atoms with E-state index in [4.69, 9.17) is 9.47 Å². The van der Waals surface area contributed by atoms with Crippen molar-refractivity contribution in [3.8, 4) is 11.5 Å². The van der Waals surface area contributed by atoms with E-state index in [9.17, 15) is 9.59 Å². The molecular weight excluding hydrogens is 524 g/mol. The summed E-state index contributed by atoms with van der Waals surface area (Å²) in [4.78, 5) is 31.1. The van der Waals surface area contributed by atoms with E-state index in [0.29, 0.717) is 6.42 Å². The van der Waals surface area contributed by atoms with E-state index in [-0.39, 0.29) is 23.9 Å². The summed E-state index contributed by atoms with van der Waals surface area (Å²) >= 11 is 0. The van der Waals surface area contributed by atoms with Gasteiger partial charge in [0.2, 0.25) is 0 Å². The van der Waals surface area contributed by atoms with E-state index >= 15 is 0 Å². The number of para-hydroxylation sites is 2. The summed E-state index contributed by atoms with van der Waals surface area (Å²) in [6.07, 6.45) is 7.42. The van der Waals surface area contributed by atoms with Crippen LogP contribution in [0.1, 0.15) is 36.1 Å². The Hall–Kier alpha value is -5.10. The van der Waals surface area contributed by atoms with E-state index < -0.39 is 0 Å². The lowest BCUT2D eigenvalue weighted by Crippen LogP contribution is -2.47. The zero-order valence-corrected chi connectivity index (χ0v) is 24.0. The molecule has 0 radical (unpaired) electrons. The minimum atomic E-state index is -0.263. The highest BCUT2D eigenvalue weighted by Gasteiger charge is 2.37. The summed E-state index contributed by atoms with van der Waals surface area (Å²) in [6.45, 7) is 2.03. The van der Waals surface area contributed by atoms with Crippen LogP contribution in [0.2, 0.25) is 0 Å². The molecule has 1 heterocycles. The molecule has 2 unspecified atom stereocenters. The van der Waals surface area contributed by atoms with Gasteiger partial charge >= 0.3 is 0 Å². The second-order valence-electron chi connectivity index (χ2n) is 10.1. The molecule has 0 bridgehead atoms. The quantitative estimate of drug-likeness (QED) is 0.213. The number of amides is 2. The minimum Gasteiger partial charge on any atom is -0.497 e. The number of anilines is 2. The van der Waals surface area contributed by atoms with Gasteiger partial charge in [0.25, 0.3) is 11.8 Å². The standard InChI is InChI=1S/C36H34N2O4/c1-26-25-34(38(29-9-5-4-6-10-29)36(40)24-18-28-15-21-31(42-3)22-16-28)32-11-7-8-12-33(32)37(26)35(39)23-17-27-13-19-30(41-2)20-14-27/h4-24,26,34H,25H2,1-3H3. The van der Waals surface area contributed by atoms with Crippen LogP contribution in [0.3, 0.4) is 0 Å². The highest BCUT2D eigenvalue weighted by molar-refractivity contribution is 6.07. The van der Waals surface area contributed by atoms with Gasteiger partial charge in [0.05, 0.1) is 20.3 Å². The molecule has 0 N–H and O–H groups in total. The second kappa shape index (κ2) is 13.0. The lowest BCUT2D eigenvalue weighted by Gasteiger charge is -2.43. The highest BCUT2D eigenvalue weighted by Crippen LogP contribution is 2.42. The SMILES string of the molecule is COc1ccc(C=CC(=O)N2c3ccccc3C(N(C(=O)C=Cc3ccc(OC)cc3)c3ccccc3)CC2C)cc1. The van der Waals surface area contributed by atoms with Gasteiger partial charge < -0.3 is 19.3 Å². The lowest BCUT2D eigenvalue weighted by atomic mass is 9.89. The first-order valence-corrected chi connectivity index (χ1v) is 13.9. The van der Waals surface area contributed by atoms with Crippen LogP contribution in [0.4, 0.5) is 11.4 Å². The number of hydrogen-bond acceptors (Lipinski definition) is 4. The minimum absolute atomic E-state index is 0.110. The average Bonchev–Trinajstić information content (AvgIpc) is 3.03. The van der Waals surface area contributed by atoms with E-state index in [2.05, 4.69) is 0 Å². The summed E-state index contributed by atoms with van der Waals surface area (Å²) in [5.41, 5.74) is 4.34. The molecule has 5 rings (SSSR count). The van der Waals surface area contributed by atoms with Crippen molar-refractivity contribution in [1.29, 1.82) is 0 Å². The molecule has 0 saturated carbocycles. The summed E-state index contributed by atoms with van der Waals surface area (Å²) in [6, 6.07) is 32.3. The number of carbonyl (C=O) groups is 2. The van der Waals surface area contributed by atoms with Gasteiger partial charge in [-0.15, -0.1) is 0 Å². The number of benzene rings is 4. The fourth-order valence-electron chi connectivity index (χ4n) is 5.34. The Bertz CT molecular complexity index is 1580. The van der Waals surface area contributed by atoms with Gasteiger partial charge in [0, 0.05) is 29.6 Å². The van der Waals surface area contributed by atoms with Gasteiger partial charge in [-0.25, -0.2) is 0 Å². The Morgan fingerprint density at radius 1 is 0.738 bits per heavy atom. The van der Waals surface area contributed by atoms with Crippen molar-refractivity contribution in [3.05, 3.63) is 132 Å². The van der Waals surface area contributed by atoms with Gasteiger partial charge in [0.15, 0.2) is 0 Å². The van der Waals surface area contributed by atoms with Crippen molar-refractivity contribution in [2.75, 3.05) is 24.0 Å². The van der Waals surface area contributed by atoms with E-state index in [1.54, 1.807) is 26.4 Å². The Morgan fingerprint density at radius 3 is 1.88 bits per heavy atom.